The number of carboxylic acids is 1. The molecule has 1 N–H and O–H groups in total. The maximum atomic E-state index is 11.9. The van der Waals surface area contributed by atoms with Crippen molar-refractivity contribution in [2.75, 3.05) is 32.7 Å². The minimum absolute atomic E-state index is 0.247. The van der Waals surface area contributed by atoms with Gasteiger partial charge in [0.25, 0.3) is 0 Å². The number of aliphatic carboxylic acids is 1. The highest BCUT2D eigenvalue weighted by atomic mass is 16.4. The third-order valence-electron chi connectivity index (χ3n) is 4.12. The highest BCUT2D eigenvalue weighted by molar-refractivity contribution is 5.76. The first kappa shape index (κ1) is 17.0. The maximum Gasteiger partial charge on any atom is 0.303 e. The maximum absolute atomic E-state index is 11.9. The van der Waals surface area contributed by atoms with Crippen LogP contribution in [-0.2, 0) is 9.59 Å². The van der Waals surface area contributed by atoms with Gasteiger partial charge in [0, 0.05) is 32.5 Å². The van der Waals surface area contributed by atoms with E-state index in [0.717, 1.165) is 52.0 Å². The summed E-state index contributed by atoms with van der Waals surface area (Å²) in [5.74, 6) is 0.0643. The molecule has 0 bridgehead atoms. The van der Waals surface area contributed by atoms with Crippen molar-refractivity contribution in [1.29, 1.82) is 0 Å². The standard InChI is InChI=1S/C15H28N2O3/c1-3-17(4-2)14(18)6-5-10-16-11-9-13(12-16)7-8-15(19)20/h13H,3-12H2,1-2H3,(H,19,20). The lowest BCUT2D eigenvalue weighted by Gasteiger charge is -2.20. The molecule has 0 aromatic heterocycles. The zero-order chi connectivity index (χ0) is 15.0. The topological polar surface area (TPSA) is 60.9 Å². The van der Waals surface area contributed by atoms with Gasteiger partial charge in [-0.1, -0.05) is 0 Å². The van der Waals surface area contributed by atoms with E-state index in [0.29, 0.717) is 12.3 Å². The zero-order valence-corrected chi connectivity index (χ0v) is 12.8. The Labute approximate surface area is 121 Å². The van der Waals surface area contributed by atoms with E-state index in [-0.39, 0.29) is 12.3 Å². The molecule has 0 aliphatic carbocycles. The van der Waals surface area contributed by atoms with Gasteiger partial charge in [-0.3, -0.25) is 9.59 Å². The van der Waals surface area contributed by atoms with Crippen molar-refractivity contribution in [1.82, 2.24) is 9.80 Å². The zero-order valence-electron chi connectivity index (χ0n) is 12.8. The fraction of sp³-hybridized carbons (Fsp3) is 0.867. The molecule has 1 amide bonds. The van der Waals surface area contributed by atoms with Crippen molar-refractivity contribution in [3.63, 3.8) is 0 Å². The Morgan fingerprint density at radius 3 is 2.55 bits per heavy atom. The van der Waals surface area contributed by atoms with E-state index in [1.165, 1.54) is 0 Å². The summed E-state index contributed by atoms with van der Waals surface area (Å²) in [4.78, 5) is 26.7. The van der Waals surface area contributed by atoms with Crippen LogP contribution in [0.1, 0.15) is 46.0 Å². The van der Waals surface area contributed by atoms with Gasteiger partial charge in [0.15, 0.2) is 0 Å². The van der Waals surface area contributed by atoms with E-state index in [4.69, 9.17) is 5.11 Å². The van der Waals surface area contributed by atoms with Crippen molar-refractivity contribution in [3.05, 3.63) is 0 Å². The Morgan fingerprint density at radius 2 is 1.95 bits per heavy atom. The van der Waals surface area contributed by atoms with Crippen LogP contribution in [0, 0.1) is 5.92 Å². The van der Waals surface area contributed by atoms with Gasteiger partial charge in [0.05, 0.1) is 0 Å². The van der Waals surface area contributed by atoms with Crippen molar-refractivity contribution < 1.29 is 14.7 Å². The number of likely N-dealkylation sites (tertiary alicyclic amines) is 1. The molecule has 5 nitrogen and oxygen atoms in total. The number of amides is 1. The first-order chi connectivity index (χ1) is 9.56. The van der Waals surface area contributed by atoms with Crippen LogP contribution in [0.4, 0.5) is 0 Å². The molecule has 1 fully saturated rings. The molecular weight excluding hydrogens is 256 g/mol. The molecule has 1 unspecified atom stereocenters. The second-order valence-electron chi connectivity index (χ2n) is 5.56. The van der Waals surface area contributed by atoms with Gasteiger partial charge in [0.1, 0.15) is 0 Å². The second kappa shape index (κ2) is 8.95. The normalized spacial score (nSPS) is 19.2. The molecule has 1 heterocycles. The number of nitrogens with zero attached hydrogens (tertiary/aromatic N) is 2. The predicted molar refractivity (Wildman–Crippen MR) is 78.6 cm³/mol. The van der Waals surface area contributed by atoms with E-state index in [2.05, 4.69) is 4.90 Å². The fourth-order valence-corrected chi connectivity index (χ4v) is 2.87. The van der Waals surface area contributed by atoms with Crippen molar-refractivity contribution in [3.8, 4) is 0 Å². The lowest BCUT2D eigenvalue weighted by molar-refractivity contribution is -0.137. The van der Waals surface area contributed by atoms with E-state index in [1.807, 2.05) is 18.7 Å². The molecule has 20 heavy (non-hydrogen) atoms. The van der Waals surface area contributed by atoms with E-state index in [1.54, 1.807) is 0 Å². The quantitative estimate of drug-likeness (QED) is 0.701. The molecule has 1 rings (SSSR count). The first-order valence-corrected chi connectivity index (χ1v) is 7.78. The fourth-order valence-electron chi connectivity index (χ4n) is 2.87. The van der Waals surface area contributed by atoms with E-state index < -0.39 is 5.97 Å². The molecule has 0 radical (unpaired) electrons. The van der Waals surface area contributed by atoms with Crippen LogP contribution in [0.2, 0.25) is 0 Å². The van der Waals surface area contributed by atoms with Gasteiger partial charge in [-0.15, -0.1) is 0 Å². The molecule has 1 aliphatic rings. The molecule has 0 aromatic carbocycles. The highest BCUT2D eigenvalue weighted by Crippen LogP contribution is 2.21. The van der Waals surface area contributed by atoms with Gasteiger partial charge in [-0.2, -0.15) is 0 Å². The molecule has 0 aromatic rings. The summed E-state index contributed by atoms with van der Waals surface area (Å²) < 4.78 is 0. The largest absolute Gasteiger partial charge is 0.481 e. The number of rotatable bonds is 9. The van der Waals surface area contributed by atoms with Crippen LogP contribution in [0.15, 0.2) is 0 Å². The van der Waals surface area contributed by atoms with Crippen LogP contribution < -0.4 is 0 Å². The molecule has 116 valence electrons. The predicted octanol–water partition coefficient (Wildman–Crippen LogP) is 1.82. The molecule has 0 saturated carbocycles. The summed E-state index contributed by atoms with van der Waals surface area (Å²) in [5.41, 5.74) is 0. The first-order valence-electron chi connectivity index (χ1n) is 7.78. The number of hydrogen-bond acceptors (Lipinski definition) is 3. The third-order valence-corrected chi connectivity index (χ3v) is 4.12. The van der Waals surface area contributed by atoms with Gasteiger partial charge in [-0.05, 0) is 52.1 Å². The summed E-state index contributed by atoms with van der Waals surface area (Å²) in [5, 5.41) is 8.69. The van der Waals surface area contributed by atoms with Crippen molar-refractivity contribution >= 4 is 11.9 Å². The van der Waals surface area contributed by atoms with Crippen molar-refractivity contribution in [2.24, 2.45) is 5.92 Å². The highest BCUT2D eigenvalue weighted by Gasteiger charge is 2.22. The lowest BCUT2D eigenvalue weighted by atomic mass is 10.0. The minimum atomic E-state index is -0.701. The van der Waals surface area contributed by atoms with Crippen LogP contribution >= 0.6 is 0 Å². The van der Waals surface area contributed by atoms with E-state index >= 15 is 0 Å². The summed E-state index contributed by atoms with van der Waals surface area (Å²) in [6, 6.07) is 0. The Balaban J connectivity index is 2.14. The SMILES string of the molecule is CCN(CC)C(=O)CCCN1CCC(CCC(=O)O)C1. The average molecular weight is 284 g/mol. The Hall–Kier alpha value is -1.10. The number of hydrogen-bond donors (Lipinski definition) is 1. The number of carboxylic acid groups (broad SMARTS) is 1. The molecule has 0 spiro atoms. The van der Waals surface area contributed by atoms with Gasteiger partial charge in [0.2, 0.25) is 5.91 Å². The second-order valence-corrected chi connectivity index (χ2v) is 5.56. The van der Waals surface area contributed by atoms with Crippen LogP contribution in [0.25, 0.3) is 0 Å². The van der Waals surface area contributed by atoms with Gasteiger partial charge >= 0.3 is 5.97 Å². The molecular formula is C15H28N2O3. The Morgan fingerprint density at radius 1 is 1.25 bits per heavy atom. The summed E-state index contributed by atoms with van der Waals surface area (Å²) in [6.45, 7) is 8.59. The smallest absolute Gasteiger partial charge is 0.303 e. The lowest BCUT2D eigenvalue weighted by Crippen LogP contribution is -2.31. The van der Waals surface area contributed by atoms with Gasteiger partial charge in [-0.25, -0.2) is 0 Å². The Bertz CT molecular complexity index is 316. The third kappa shape index (κ3) is 5.90. The molecule has 1 aliphatic heterocycles. The van der Waals surface area contributed by atoms with Crippen molar-refractivity contribution in [2.45, 2.75) is 46.0 Å². The monoisotopic (exact) mass is 284 g/mol. The molecule has 1 atom stereocenters. The summed E-state index contributed by atoms with van der Waals surface area (Å²) >= 11 is 0. The minimum Gasteiger partial charge on any atom is -0.481 e. The average Bonchev–Trinajstić information content (AvgIpc) is 2.86. The molecule has 5 heteroatoms. The Kier molecular flexibility index (Phi) is 7.59. The summed E-state index contributed by atoms with van der Waals surface area (Å²) in [7, 11) is 0. The van der Waals surface area contributed by atoms with Crippen LogP contribution in [0.5, 0.6) is 0 Å². The summed E-state index contributed by atoms with van der Waals surface area (Å²) in [6.07, 6.45) is 3.68. The van der Waals surface area contributed by atoms with E-state index in [9.17, 15) is 9.59 Å². The van der Waals surface area contributed by atoms with Gasteiger partial charge < -0.3 is 14.9 Å². The van der Waals surface area contributed by atoms with Crippen LogP contribution in [0.3, 0.4) is 0 Å². The van der Waals surface area contributed by atoms with Crippen LogP contribution in [-0.4, -0.2) is 59.5 Å². The number of carbonyl (C=O) groups excluding carboxylic acids is 1. The molecule has 1 saturated heterocycles. The number of carbonyl (C=O) groups is 2.